The van der Waals surface area contributed by atoms with Crippen LogP contribution in [0.5, 0.6) is 0 Å². The topological polar surface area (TPSA) is 66.9 Å². The molecule has 0 spiro atoms. The molecule has 6 heteroatoms. The van der Waals surface area contributed by atoms with Crippen LogP contribution in [-0.2, 0) is 0 Å². The minimum atomic E-state index is -0.240. The van der Waals surface area contributed by atoms with Crippen LogP contribution in [0.2, 0.25) is 0 Å². The summed E-state index contributed by atoms with van der Waals surface area (Å²) in [5, 5.41) is 5.90. The molecule has 0 bridgehead atoms. The fourth-order valence-electron chi connectivity index (χ4n) is 1.69. The Bertz CT molecular complexity index is 641. The van der Waals surface area contributed by atoms with E-state index in [1.54, 1.807) is 0 Å². The predicted molar refractivity (Wildman–Crippen MR) is 87.6 cm³/mol. The lowest BCUT2D eigenvalue weighted by Crippen LogP contribution is -2.15. The molecule has 0 aliphatic carbocycles. The number of aryl methyl sites for hydroxylation is 1. The van der Waals surface area contributed by atoms with Crippen molar-refractivity contribution in [2.75, 3.05) is 10.6 Å². The van der Waals surface area contributed by atoms with E-state index in [0.29, 0.717) is 11.5 Å². The Morgan fingerprint density at radius 3 is 2.48 bits per heavy atom. The second-order valence-corrected chi connectivity index (χ2v) is 5.89. The maximum atomic E-state index is 12.2. The van der Waals surface area contributed by atoms with Gasteiger partial charge < -0.3 is 10.6 Å². The first-order valence-electron chi connectivity index (χ1n) is 6.62. The van der Waals surface area contributed by atoms with Gasteiger partial charge >= 0.3 is 0 Å². The standard InChI is InChI=1S/C15H17BrN4O/c1-9(2)19-15-17-7-11(8-18-15)14(21)20-13-5-4-10(3)6-12(13)16/h4-9H,1-3H3,(H,20,21)(H,17,18,19). The number of aromatic nitrogens is 2. The normalized spacial score (nSPS) is 10.5. The highest BCUT2D eigenvalue weighted by Crippen LogP contribution is 2.23. The lowest BCUT2D eigenvalue weighted by atomic mass is 10.2. The van der Waals surface area contributed by atoms with Gasteiger partial charge in [0.05, 0.1) is 11.3 Å². The van der Waals surface area contributed by atoms with Crippen LogP contribution in [0, 0.1) is 6.92 Å². The molecule has 0 unspecified atom stereocenters. The van der Waals surface area contributed by atoms with Gasteiger partial charge in [-0.1, -0.05) is 6.07 Å². The first-order chi connectivity index (χ1) is 9.95. The smallest absolute Gasteiger partial charge is 0.258 e. The molecule has 2 aromatic rings. The quantitative estimate of drug-likeness (QED) is 0.885. The number of carbonyl (C=O) groups excluding carboxylic acids is 1. The van der Waals surface area contributed by atoms with Crippen molar-refractivity contribution in [3.8, 4) is 0 Å². The van der Waals surface area contributed by atoms with Gasteiger partial charge in [0.1, 0.15) is 0 Å². The molecule has 0 saturated heterocycles. The zero-order valence-electron chi connectivity index (χ0n) is 12.1. The minimum absolute atomic E-state index is 0.240. The van der Waals surface area contributed by atoms with Crippen molar-refractivity contribution in [3.63, 3.8) is 0 Å². The second-order valence-electron chi connectivity index (χ2n) is 5.03. The number of halogens is 1. The minimum Gasteiger partial charge on any atom is -0.352 e. The van der Waals surface area contributed by atoms with E-state index in [9.17, 15) is 4.79 Å². The van der Waals surface area contributed by atoms with Crippen LogP contribution < -0.4 is 10.6 Å². The molecular formula is C15H17BrN4O. The number of nitrogens with zero attached hydrogens (tertiary/aromatic N) is 2. The molecule has 5 nitrogen and oxygen atoms in total. The summed E-state index contributed by atoms with van der Waals surface area (Å²) in [4.78, 5) is 20.4. The van der Waals surface area contributed by atoms with Crippen molar-refractivity contribution in [2.45, 2.75) is 26.8 Å². The Balaban J connectivity index is 2.09. The third-order valence-electron chi connectivity index (χ3n) is 2.70. The maximum absolute atomic E-state index is 12.2. The molecule has 0 aliphatic rings. The maximum Gasteiger partial charge on any atom is 0.258 e. The number of anilines is 2. The molecule has 2 N–H and O–H groups in total. The van der Waals surface area contributed by atoms with Gasteiger partial charge in [0.25, 0.3) is 5.91 Å². The van der Waals surface area contributed by atoms with E-state index in [1.807, 2.05) is 39.0 Å². The Morgan fingerprint density at radius 1 is 1.24 bits per heavy atom. The summed E-state index contributed by atoms with van der Waals surface area (Å²) in [6, 6.07) is 5.98. The van der Waals surface area contributed by atoms with E-state index in [0.717, 1.165) is 15.7 Å². The predicted octanol–water partition coefficient (Wildman–Crippen LogP) is 3.62. The van der Waals surface area contributed by atoms with E-state index in [1.165, 1.54) is 12.4 Å². The molecule has 0 radical (unpaired) electrons. The van der Waals surface area contributed by atoms with Gasteiger partial charge in [-0.2, -0.15) is 0 Å². The summed E-state index contributed by atoms with van der Waals surface area (Å²) < 4.78 is 0.842. The summed E-state index contributed by atoms with van der Waals surface area (Å²) in [5.41, 5.74) is 2.25. The van der Waals surface area contributed by atoms with E-state index in [-0.39, 0.29) is 11.9 Å². The molecule has 1 aromatic carbocycles. The summed E-state index contributed by atoms with van der Waals surface area (Å²) in [5.74, 6) is 0.272. The number of hydrogen-bond acceptors (Lipinski definition) is 4. The summed E-state index contributed by atoms with van der Waals surface area (Å²) in [6.45, 7) is 5.99. The van der Waals surface area contributed by atoms with Crippen LogP contribution in [0.15, 0.2) is 35.1 Å². The molecule has 0 aliphatic heterocycles. The number of nitrogens with one attached hydrogen (secondary N) is 2. The van der Waals surface area contributed by atoms with Gasteiger partial charge in [-0.15, -0.1) is 0 Å². The number of amides is 1. The number of rotatable bonds is 4. The molecule has 0 atom stereocenters. The number of benzene rings is 1. The van der Waals surface area contributed by atoms with Gasteiger partial charge in [-0.05, 0) is 54.4 Å². The van der Waals surface area contributed by atoms with Crippen LogP contribution in [0.25, 0.3) is 0 Å². The molecule has 0 fully saturated rings. The van der Waals surface area contributed by atoms with Gasteiger partial charge in [-0.25, -0.2) is 9.97 Å². The van der Waals surface area contributed by atoms with E-state index >= 15 is 0 Å². The summed E-state index contributed by atoms with van der Waals surface area (Å²) in [7, 11) is 0. The first-order valence-corrected chi connectivity index (χ1v) is 7.41. The molecule has 2 rings (SSSR count). The highest BCUT2D eigenvalue weighted by molar-refractivity contribution is 9.10. The highest BCUT2D eigenvalue weighted by atomic mass is 79.9. The molecule has 21 heavy (non-hydrogen) atoms. The number of carbonyl (C=O) groups is 1. The van der Waals surface area contributed by atoms with Crippen LogP contribution >= 0.6 is 15.9 Å². The molecule has 1 heterocycles. The zero-order valence-corrected chi connectivity index (χ0v) is 13.7. The fraction of sp³-hybridized carbons (Fsp3) is 0.267. The van der Waals surface area contributed by atoms with Crippen molar-refractivity contribution < 1.29 is 4.79 Å². The molecule has 1 aromatic heterocycles. The monoisotopic (exact) mass is 348 g/mol. The third kappa shape index (κ3) is 4.26. The molecule has 0 saturated carbocycles. The van der Waals surface area contributed by atoms with Gasteiger partial charge in [0.15, 0.2) is 0 Å². The van der Waals surface area contributed by atoms with Gasteiger partial charge in [0, 0.05) is 22.9 Å². The summed E-state index contributed by atoms with van der Waals surface area (Å²) >= 11 is 3.43. The lowest BCUT2D eigenvalue weighted by molar-refractivity contribution is 0.102. The average molecular weight is 349 g/mol. The van der Waals surface area contributed by atoms with E-state index < -0.39 is 0 Å². The largest absolute Gasteiger partial charge is 0.352 e. The second kappa shape index (κ2) is 6.67. The van der Waals surface area contributed by atoms with Gasteiger partial charge in [-0.3, -0.25) is 4.79 Å². The van der Waals surface area contributed by atoms with Crippen molar-refractivity contribution in [1.29, 1.82) is 0 Å². The van der Waals surface area contributed by atoms with Crippen LogP contribution in [0.1, 0.15) is 29.8 Å². The molecule has 1 amide bonds. The number of hydrogen-bond donors (Lipinski definition) is 2. The van der Waals surface area contributed by atoms with Crippen molar-refractivity contribution in [3.05, 3.63) is 46.2 Å². The first kappa shape index (κ1) is 15.4. The Kier molecular flexibility index (Phi) is 4.90. The molecular weight excluding hydrogens is 332 g/mol. The lowest BCUT2D eigenvalue weighted by Gasteiger charge is -2.09. The van der Waals surface area contributed by atoms with Gasteiger partial charge in [0.2, 0.25) is 5.95 Å². The zero-order chi connectivity index (χ0) is 15.4. The van der Waals surface area contributed by atoms with Crippen LogP contribution in [0.4, 0.5) is 11.6 Å². The summed E-state index contributed by atoms with van der Waals surface area (Å²) in [6.07, 6.45) is 3.02. The van der Waals surface area contributed by atoms with Crippen molar-refractivity contribution >= 4 is 33.5 Å². The SMILES string of the molecule is Cc1ccc(NC(=O)c2cnc(NC(C)C)nc2)c(Br)c1. The Morgan fingerprint density at radius 2 is 1.90 bits per heavy atom. The third-order valence-corrected chi connectivity index (χ3v) is 3.36. The Labute approximate surface area is 132 Å². The average Bonchev–Trinajstić information content (AvgIpc) is 2.42. The molecule has 110 valence electrons. The fourth-order valence-corrected chi connectivity index (χ4v) is 2.29. The van der Waals surface area contributed by atoms with Crippen LogP contribution in [0.3, 0.4) is 0 Å². The Hall–Kier alpha value is -1.95. The highest BCUT2D eigenvalue weighted by Gasteiger charge is 2.10. The van der Waals surface area contributed by atoms with E-state index in [4.69, 9.17) is 0 Å². The van der Waals surface area contributed by atoms with Crippen molar-refractivity contribution in [1.82, 2.24) is 9.97 Å². The van der Waals surface area contributed by atoms with Crippen molar-refractivity contribution in [2.24, 2.45) is 0 Å². The van der Waals surface area contributed by atoms with Crippen LogP contribution in [-0.4, -0.2) is 21.9 Å². The van der Waals surface area contributed by atoms with E-state index in [2.05, 4.69) is 36.5 Å².